The van der Waals surface area contributed by atoms with Crippen LogP contribution in [-0.4, -0.2) is 41.7 Å². The summed E-state index contributed by atoms with van der Waals surface area (Å²) in [6.45, 7) is 0.205. The van der Waals surface area contributed by atoms with Crippen molar-refractivity contribution >= 4 is 28.2 Å². The Kier molecular flexibility index (Phi) is 5.58. The molecule has 2 rings (SSSR count). The van der Waals surface area contributed by atoms with E-state index in [9.17, 15) is 5.11 Å². The van der Waals surface area contributed by atoms with Crippen LogP contribution in [0.5, 0.6) is 0 Å². The lowest BCUT2D eigenvalue weighted by atomic mass is 9.91. The van der Waals surface area contributed by atoms with Gasteiger partial charge in [0.25, 0.3) is 0 Å². The first-order chi connectivity index (χ1) is 10.0. The predicted molar refractivity (Wildman–Crippen MR) is 89.0 cm³/mol. The summed E-state index contributed by atoms with van der Waals surface area (Å²) < 4.78 is 0.908. The van der Waals surface area contributed by atoms with Crippen LogP contribution in [0.3, 0.4) is 0 Å². The molecule has 0 saturated carbocycles. The highest BCUT2D eigenvalue weighted by atomic mass is 32.2. The van der Waals surface area contributed by atoms with Crippen LogP contribution in [0.1, 0.15) is 12.0 Å². The molecule has 0 saturated heterocycles. The van der Waals surface area contributed by atoms with E-state index in [0.29, 0.717) is 6.42 Å². The smallest absolute Gasteiger partial charge is 0.208 e. The van der Waals surface area contributed by atoms with Crippen LogP contribution >= 0.6 is 23.1 Å². The van der Waals surface area contributed by atoms with Crippen molar-refractivity contribution in [2.45, 2.75) is 16.4 Å². The van der Waals surface area contributed by atoms with Gasteiger partial charge in [-0.05, 0) is 12.0 Å². The van der Waals surface area contributed by atoms with Gasteiger partial charge in [0.15, 0.2) is 4.34 Å². The molecule has 0 fully saturated rings. The Morgan fingerprint density at radius 1 is 1.29 bits per heavy atom. The van der Waals surface area contributed by atoms with Gasteiger partial charge >= 0.3 is 0 Å². The molecule has 1 aromatic carbocycles. The van der Waals surface area contributed by atoms with Gasteiger partial charge in [0.05, 0.1) is 0 Å². The molecule has 0 aliphatic carbocycles. The summed E-state index contributed by atoms with van der Waals surface area (Å²) in [5, 5.41) is 19.8. The molecule has 0 aliphatic rings. The first-order valence-electron chi connectivity index (χ1n) is 6.67. The molecule has 0 radical (unpaired) electrons. The van der Waals surface area contributed by atoms with E-state index in [1.807, 2.05) is 49.3 Å². The Hall–Kier alpha value is -1.15. The van der Waals surface area contributed by atoms with Crippen molar-refractivity contribution in [1.29, 1.82) is 0 Å². The van der Waals surface area contributed by atoms with Gasteiger partial charge in [-0.2, -0.15) is 0 Å². The van der Waals surface area contributed by atoms with Crippen LogP contribution in [-0.2, 0) is 5.60 Å². The average Bonchev–Trinajstić information content (AvgIpc) is 2.97. The molecule has 0 amide bonds. The molecule has 1 unspecified atom stereocenters. The molecule has 2 aromatic rings. The van der Waals surface area contributed by atoms with Crippen LogP contribution in [0, 0.1) is 0 Å². The fourth-order valence-electron chi connectivity index (χ4n) is 1.86. The van der Waals surface area contributed by atoms with E-state index in [1.54, 1.807) is 23.1 Å². The summed E-state index contributed by atoms with van der Waals surface area (Å²) in [4.78, 5) is 1.93. The number of nitrogens with two attached hydrogens (primary N) is 1. The minimum atomic E-state index is -0.983. The van der Waals surface area contributed by atoms with Crippen molar-refractivity contribution in [1.82, 2.24) is 10.2 Å². The molecular weight excluding hydrogens is 304 g/mol. The third kappa shape index (κ3) is 4.16. The highest BCUT2D eigenvalue weighted by Crippen LogP contribution is 2.31. The summed E-state index contributed by atoms with van der Waals surface area (Å²) in [5.74, 6) is 0.741. The number of nitrogens with zero attached hydrogens (tertiary/aromatic N) is 3. The minimum absolute atomic E-state index is 0.205. The second kappa shape index (κ2) is 7.22. The molecule has 1 aromatic heterocycles. The number of hydrogen-bond donors (Lipinski definition) is 2. The standard InChI is InChI=1S/C14H20N4OS2/c1-18(2)12-16-17-13(21-12)20-9-8-14(19,10-15)11-6-4-3-5-7-11/h3-7,19H,8-10,15H2,1-2H3. The second-order valence-electron chi connectivity index (χ2n) is 4.95. The number of benzene rings is 1. The van der Waals surface area contributed by atoms with Crippen molar-refractivity contribution in [3.63, 3.8) is 0 Å². The highest BCUT2D eigenvalue weighted by Gasteiger charge is 2.27. The molecule has 1 heterocycles. The Morgan fingerprint density at radius 3 is 2.57 bits per heavy atom. The van der Waals surface area contributed by atoms with E-state index < -0.39 is 5.60 Å². The van der Waals surface area contributed by atoms with E-state index in [2.05, 4.69) is 10.2 Å². The lowest BCUT2D eigenvalue weighted by molar-refractivity contribution is 0.0431. The van der Waals surface area contributed by atoms with Crippen molar-refractivity contribution in [3.8, 4) is 0 Å². The molecule has 21 heavy (non-hydrogen) atoms. The summed E-state index contributed by atoms with van der Waals surface area (Å²) in [5.41, 5.74) is 5.65. The van der Waals surface area contributed by atoms with Gasteiger partial charge in [0, 0.05) is 26.4 Å². The highest BCUT2D eigenvalue weighted by molar-refractivity contribution is 8.01. The first-order valence-corrected chi connectivity index (χ1v) is 8.47. The molecular formula is C14H20N4OS2. The van der Waals surface area contributed by atoms with Gasteiger partial charge in [-0.3, -0.25) is 0 Å². The van der Waals surface area contributed by atoms with Gasteiger partial charge in [-0.25, -0.2) is 0 Å². The lowest BCUT2D eigenvalue weighted by Gasteiger charge is -2.26. The fourth-order valence-corrected chi connectivity index (χ4v) is 3.79. The molecule has 114 valence electrons. The zero-order valence-electron chi connectivity index (χ0n) is 12.2. The summed E-state index contributed by atoms with van der Waals surface area (Å²) in [6.07, 6.45) is 0.578. The molecule has 7 heteroatoms. The van der Waals surface area contributed by atoms with Crippen molar-refractivity contribution in [2.24, 2.45) is 5.73 Å². The maximum Gasteiger partial charge on any atom is 0.208 e. The maximum atomic E-state index is 10.7. The molecule has 0 bridgehead atoms. The van der Waals surface area contributed by atoms with Gasteiger partial charge in [-0.1, -0.05) is 53.4 Å². The topological polar surface area (TPSA) is 75.3 Å². The summed E-state index contributed by atoms with van der Waals surface area (Å²) in [6, 6.07) is 9.58. The van der Waals surface area contributed by atoms with E-state index in [0.717, 1.165) is 20.8 Å². The number of aromatic nitrogens is 2. The molecule has 1 atom stereocenters. The fraction of sp³-hybridized carbons (Fsp3) is 0.429. The van der Waals surface area contributed by atoms with E-state index in [-0.39, 0.29) is 6.54 Å². The molecule has 0 spiro atoms. The molecule has 3 N–H and O–H groups in total. The number of hydrogen-bond acceptors (Lipinski definition) is 7. The van der Waals surface area contributed by atoms with Crippen LogP contribution in [0.25, 0.3) is 0 Å². The Labute approximate surface area is 133 Å². The van der Waals surface area contributed by atoms with Crippen LogP contribution < -0.4 is 10.6 Å². The third-order valence-electron chi connectivity index (χ3n) is 3.17. The van der Waals surface area contributed by atoms with Crippen molar-refractivity contribution in [3.05, 3.63) is 35.9 Å². The number of rotatable bonds is 7. The monoisotopic (exact) mass is 324 g/mol. The third-order valence-corrected chi connectivity index (χ3v) is 5.39. The zero-order valence-corrected chi connectivity index (χ0v) is 13.8. The number of aliphatic hydroxyl groups is 1. The summed E-state index contributed by atoms with van der Waals surface area (Å²) >= 11 is 3.15. The maximum absolute atomic E-state index is 10.7. The minimum Gasteiger partial charge on any atom is -0.384 e. The lowest BCUT2D eigenvalue weighted by Crippen LogP contribution is -2.35. The Bertz CT molecular complexity index is 561. The van der Waals surface area contributed by atoms with E-state index in [4.69, 9.17) is 5.73 Å². The largest absolute Gasteiger partial charge is 0.384 e. The Balaban J connectivity index is 1.94. The number of anilines is 1. The normalized spacial score (nSPS) is 13.9. The van der Waals surface area contributed by atoms with Gasteiger partial charge in [0.1, 0.15) is 5.60 Å². The van der Waals surface area contributed by atoms with Crippen LogP contribution in [0.4, 0.5) is 5.13 Å². The van der Waals surface area contributed by atoms with Crippen molar-refractivity contribution < 1.29 is 5.11 Å². The first kappa shape index (κ1) is 16.2. The van der Waals surface area contributed by atoms with Gasteiger partial charge < -0.3 is 15.7 Å². The van der Waals surface area contributed by atoms with E-state index >= 15 is 0 Å². The van der Waals surface area contributed by atoms with Crippen LogP contribution in [0.2, 0.25) is 0 Å². The predicted octanol–water partition coefficient (Wildman–Crippen LogP) is 1.93. The average molecular weight is 324 g/mol. The van der Waals surface area contributed by atoms with Gasteiger partial charge in [0.2, 0.25) is 5.13 Å². The SMILES string of the molecule is CN(C)c1nnc(SCCC(O)(CN)c2ccccc2)s1. The van der Waals surface area contributed by atoms with Gasteiger partial charge in [-0.15, -0.1) is 10.2 Å². The van der Waals surface area contributed by atoms with E-state index in [1.165, 1.54) is 0 Å². The second-order valence-corrected chi connectivity index (χ2v) is 7.24. The van der Waals surface area contributed by atoms with Crippen molar-refractivity contribution in [2.75, 3.05) is 31.3 Å². The Morgan fingerprint density at radius 2 is 2.00 bits per heavy atom. The molecule has 0 aliphatic heterocycles. The number of thioether (sulfide) groups is 1. The van der Waals surface area contributed by atoms with Crippen LogP contribution in [0.15, 0.2) is 34.7 Å². The zero-order chi connectivity index (χ0) is 15.3. The summed E-state index contributed by atoms with van der Waals surface area (Å²) in [7, 11) is 3.88. The quantitative estimate of drug-likeness (QED) is 0.758. The molecule has 5 nitrogen and oxygen atoms in total.